The van der Waals surface area contributed by atoms with Crippen molar-refractivity contribution in [1.82, 2.24) is 14.9 Å². The van der Waals surface area contributed by atoms with Crippen molar-refractivity contribution in [2.45, 2.75) is 13.5 Å². The predicted octanol–water partition coefficient (Wildman–Crippen LogP) is 1.98. The van der Waals surface area contributed by atoms with E-state index in [2.05, 4.69) is 10.3 Å². The fourth-order valence-electron chi connectivity index (χ4n) is 2.33. The molecule has 1 heterocycles. The molecule has 0 saturated heterocycles. The predicted molar refractivity (Wildman–Crippen MR) is 85.8 cm³/mol. The molecule has 0 aliphatic carbocycles. The van der Waals surface area contributed by atoms with Gasteiger partial charge in [0.05, 0.1) is 11.0 Å². The number of H-pyrrole nitrogens is 1. The smallest absolute Gasteiger partial charge is 0.334 e. The summed E-state index contributed by atoms with van der Waals surface area (Å²) in [6.45, 7) is 2.19. The molecule has 2 aromatic carbocycles. The van der Waals surface area contributed by atoms with E-state index in [-0.39, 0.29) is 0 Å². The van der Waals surface area contributed by atoms with E-state index in [0.717, 1.165) is 15.7 Å². The summed E-state index contributed by atoms with van der Waals surface area (Å²) >= 11 is 0. The number of nitrogens with zero attached hydrogens (tertiary/aromatic N) is 1. The number of benzene rings is 2. The number of rotatable bonds is 2. The van der Waals surface area contributed by atoms with Crippen LogP contribution in [0.4, 0.5) is 10.5 Å². The molecule has 0 fully saturated rings. The summed E-state index contributed by atoms with van der Waals surface area (Å²) in [6, 6.07) is 12.4. The first-order valence-electron chi connectivity index (χ1n) is 6.89. The van der Waals surface area contributed by atoms with Gasteiger partial charge in [0, 0.05) is 12.2 Å². The first-order chi connectivity index (χ1) is 10.6. The number of hydrogen-bond acceptors (Lipinski definition) is 3. The fourth-order valence-corrected chi connectivity index (χ4v) is 2.33. The van der Waals surface area contributed by atoms with Gasteiger partial charge >= 0.3 is 11.7 Å². The van der Waals surface area contributed by atoms with Gasteiger partial charge in [-0.25, -0.2) is 14.2 Å². The molecule has 3 rings (SSSR count). The highest BCUT2D eigenvalue weighted by molar-refractivity contribution is 5.91. The molecule has 0 aliphatic heterocycles. The molecule has 6 heteroatoms. The molecular weight excluding hydrogens is 280 g/mol. The Bertz CT molecular complexity index is 894. The second kappa shape index (κ2) is 5.40. The van der Waals surface area contributed by atoms with E-state index < -0.39 is 11.7 Å². The van der Waals surface area contributed by atoms with Crippen LogP contribution in [0.3, 0.4) is 0 Å². The van der Waals surface area contributed by atoms with E-state index in [1.54, 1.807) is 12.1 Å². The van der Waals surface area contributed by atoms with Gasteiger partial charge in [0.1, 0.15) is 0 Å². The third-order valence-electron chi connectivity index (χ3n) is 3.56. The Morgan fingerprint density at radius 2 is 2.00 bits per heavy atom. The maximum absolute atomic E-state index is 12.3. The van der Waals surface area contributed by atoms with Crippen LogP contribution in [-0.2, 0) is 6.54 Å². The molecule has 1 amide bonds. The number of nitrogen functional groups attached to an aromatic ring is 1. The van der Waals surface area contributed by atoms with Crippen molar-refractivity contribution >= 4 is 22.8 Å². The van der Waals surface area contributed by atoms with Crippen molar-refractivity contribution in [3.05, 3.63) is 64.1 Å². The molecule has 0 spiro atoms. The van der Waals surface area contributed by atoms with E-state index in [0.29, 0.717) is 23.3 Å². The van der Waals surface area contributed by atoms with Gasteiger partial charge in [-0.3, -0.25) is 0 Å². The lowest BCUT2D eigenvalue weighted by Crippen LogP contribution is -2.34. The van der Waals surface area contributed by atoms with Crippen molar-refractivity contribution in [2.24, 2.45) is 0 Å². The fraction of sp³-hybridized carbons (Fsp3) is 0.125. The van der Waals surface area contributed by atoms with Crippen LogP contribution in [0.15, 0.2) is 47.3 Å². The van der Waals surface area contributed by atoms with Crippen molar-refractivity contribution in [1.29, 1.82) is 0 Å². The minimum absolute atomic E-state index is 0.354. The Balaban J connectivity index is 1.92. The Kier molecular flexibility index (Phi) is 3.42. The zero-order chi connectivity index (χ0) is 15.7. The first kappa shape index (κ1) is 13.9. The highest BCUT2D eigenvalue weighted by Crippen LogP contribution is 2.18. The second-order valence-corrected chi connectivity index (χ2v) is 5.14. The molecule has 3 aromatic rings. The first-order valence-corrected chi connectivity index (χ1v) is 6.89. The number of carbonyl (C=O) groups is 1. The van der Waals surface area contributed by atoms with Crippen LogP contribution < -0.4 is 16.7 Å². The summed E-state index contributed by atoms with van der Waals surface area (Å²) in [5.41, 5.74) is 8.76. The standard InChI is InChI=1S/C16H16N4O2/c1-10-7-14-13(8-12(10)17)19-16(22)20(14)15(21)18-9-11-5-3-2-4-6-11/h2-8H,9,17H2,1H3,(H,18,21)(H,19,22). The molecule has 0 aliphatic rings. The van der Waals surface area contributed by atoms with Crippen LogP contribution in [0.5, 0.6) is 0 Å². The summed E-state index contributed by atoms with van der Waals surface area (Å²) in [7, 11) is 0. The van der Waals surface area contributed by atoms with Crippen LogP contribution in [0.2, 0.25) is 0 Å². The van der Waals surface area contributed by atoms with Crippen LogP contribution in [-0.4, -0.2) is 15.6 Å². The number of nitrogens with two attached hydrogens (primary N) is 1. The monoisotopic (exact) mass is 296 g/mol. The lowest BCUT2D eigenvalue weighted by atomic mass is 10.2. The van der Waals surface area contributed by atoms with Crippen LogP contribution in [0, 0.1) is 6.92 Å². The Morgan fingerprint density at radius 3 is 2.73 bits per heavy atom. The Morgan fingerprint density at radius 1 is 1.27 bits per heavy atom. The highest BCUT2D eigenvalue weighted by atomic mass is 16.2. The molecule has 112 valence electrons. The molecule has 4 N–H and O–H groups in total. The molecule has 0 atom stereocenters. The van der Waals surface area contributed by atoms with E-state index >= 15 is 0 Å². The number of fused-ring (bicyclic) bond motifs is 1. The maximum atomic E-state index is 12.3. The zero-order valence-electron chi connectivity index (χ0n) is 12.1. The molecule has 0 saturated carbocycles. The summed E-state index contributed by atoms with van der Waals surface area (Å²) in [4.78, 5) is 27.0. The number of nitrogens with one attached hydrogen (secondary N) is 2. The van der Waals surface area contributed by atoms with Crippen LogP contribution >= 0.6 is 0 Å². The number of amides is 1. The topological polar surface area (TPSA) is 92.9 Å². The lowest BCUT2D eigenvalue weighted by molar-refractivity contribution is 0.242. The van der Waals surface area contributed by atoms with Gasteiger partial charge in [-0.15, -0.1) is 0 Å². The number of anilines is 1. The molecule has 6 nitrogen and oxygen atoms in total. The Hall–Kier alpha value is -3.02. The molecule has 0 radical (unpaired) electrons. The van der Waals surface area contributed by atoms with Crippen molar-refractivity contribution in [3.8, 4) is 0 Å². The highest BCUT2D eigenvalue weighted by Gasteiger charge is 2.14. The Labute approximate surface area is 126 Å². The zero-order valence-corrected chi connectivity index (χ0v) is 12.1. The summed E-state index contributed by atoms with van der Waals surface area (Å²) in [6.07, 6.45) is 0. The third kappa shape index (κ3) is 2.46. The summed E-state index contributed by atoms with van der Waals surface area (Å²) in [5, 5.41) is 2.74. The third-order valence-corrected chi connectivity index (χ3v) is 3.56. The molecule has 1 aromatic heterocycles. The average molecular weight is 296 g/mol. The number of carbonyl (C=O) groups excluding carboxylic acids is 1. The molecular formula is C16H16N4O2. The molecule has 0 unspecified atom stereocenters. The van der Waals surface area contributed by atoms with Gasteiger partial charge in [0.25, 0.3) is 0 Å². The van der Waals surface area contributed by atoms with Gasteiger partial charge in [-0.2, -0.15) is 0 Å². The quantitative estimate of drug-likeness (QED) is 0.631. The van der Waals surface area contributed by atoms with E-state index in [1.165, 1.54) is 0 Å². The lowest BCUT2D eigenvalue weighted by Gasteiger charge is -2.07. The van der Waals surface area contributed by atoms with Gasteiger partial charge < -0.3 is 16.0 Å². The maximum Gasteiger partial charge on any atom is 0.334 e. The van der Waals surface area contributed by atoms with Crippen molar-refractivity contribution < 1.29 is 4.79 Å². The summed E-state index contributed by atoms with van der Waals surface area (Å²) in [5.74, 6) is 0. The van der Waals surface area contributed by atoms with Gasteiger partial charge in [-0.05, 0) is 30.2 Å². The van der Waals surface area contributed by atoms with E-state index in [1.807, 2.05) is 37.3 Å². The summed E-state index contributed by atoms with van der Waals surface area (Å²) < 4.78 is 1.09. The number of aromatic nitrogens is 2. The van der Waals surface area contributed by atoms with Gasteiger partial charge in [0.2, 0.25) is 0 Å². The number of aromatic amines is 1. The van der Waals surface area contributed by atoms with Gasteiger partial charge in [0.15, 0.2) is 0 Å². The van der Waals surface area contributed by atoms with Gasteiger partial charge in [-0.1, -0.05) is 30.3 Å². The number of imidazole rings is 1. The molecule has 22 heavy (non-hydrogen) atoms. The van der Waals surface area contributed by atoms with Crippen molar-refractivity contribution in [3.63, 3.8) is 0 Å². The number of hydrogen-bond donors (Lipinski definition) is 3. The SMILES string of the molecule is Cc1cc2c(cc1N)[nH]c(=O)n2C(=O)NCc1ccccc1. The second-order valence-electron chi connectivity index (χ2n) is 5.14. The van der Waals surface area contributed by atoms with Crippen LogP contribution in [0.25, 0.3) is 11.0 Å². The van der Waals surface area contributed by atoms with E-state index in [9.17, 15) is 9.59 Å². The van der Waals surface area contributed by atoms with Crippen LogP contribution in [0.1, 0.15) is 11.1 Å². The number of aryl methyl sites for hydroxylation is 1. The molecule has 0 bridgehead atoms. The van der Waals surface area contributed by atoms with Crippen molar-refractivity contribution in [2.75, 3.05) is 5.73 Å². The largest absolute Gasteiger partial charge is 0.398 e. The van der Waals surface area contributed by atoms with E-state index in [4.69, 9.17) is 5.73 Å². The minimum atomic E-state index is -0.481. The normalized spacial score (nSPS) is 10.8. The average Bonchev–Trinajstić information content (AvgIpc) is 2.81. The minimum Gasteiger partial charge on any atom is -0.398 e.